The van der Waals surface area contributed by atoms with E-state index in [2.05, 4.69) is 5.10 Å². The summed E-state index contributed by atoms with van der Waals surface area (Å²) in [7, 11) is 1.77. The third-order valence-corrected chi connectivity index (χ3v) is 3.35. The molecule has 5 heteroatoms. The molecule has 19 heavy (non-hydrogen) atoms. The predicted octanol–water partition coefficient (Wildman–Crippen LogP) is 2.03. The lowest BCUT2D eigenvalue weighted by atomic mass is 10.0. The van der Waals surface area contributed by atoms with E-state index >= 15 is 0 Å². The standard InChI is InChI=1S/C14H14N2O3/c1-8-3-4-11-10(7-8)13-9(5-6-19-11)12(14(17)18)15-16(13)2/h3-4,7H,5-6H2,1-2H3,(H,17,18). The minimum absolute atomic E-state index is 0.121. The van der Waals surface area contributed by atoms with Crippen LogP contribution in [0, 0.1) is 6.92 Å². The van der Waals surface area contributed by atoms with Gasteiger partial charge in [0.05, 0.1) is 12.3 Å². The molecule has 0 unspecified atom stereocenters. The van der Waals surface area contributed by atoms with Gasteiger partial charge in [0, 0.05) is 24.6 Å². The summed E-state index contributed by atoms with van der Waals surface area (Å²) in [5.41, 5.74) is 3.73. The van der Waals surface area contributed by atoms with Gasteiger partial charge in [0.2, 0.25) is 0 Å². The highest BCUT2D eigenvalue weighted by molar-refractivity contribution is 5.90. The molecule has 0 amide bonds. The Morgan fingerprint density at radius 3 is 3.00 bits per heavy atom. The number of carbonyl (C=O) groups is 1. The molecule has 0 radical (unpaired) electrons. The summed E-state index contributed by atoms with van der Waals surface area (Å²) in [6.07, 6.45) is 0.554. The lowest BCUT2D eigenvalue weighted by Gasteiger charge is -2.09. The van der Waals surface area contributed by atoms with Crippen LogP contribution in [-0.4, -0.2) is 27.5 Å². The summed E-state index contributed by atoms with van der Waals surface area (Å²) in [4.78, 5) is 11.3. The fourth-order valence-corrected chi connectivity index (χ4v) is 2.53. The molecule has 98 valence electrons. The second-order valence-corrected chi connectivity index (χ2v) is 4.70. The molecule has 2 aromatic rings. The van der Waals surface area contributed by atoms with Gasteiger partial charge in [-0.25, -0.2) is 4.79 Å². The summed E-state index contributed by atoms with van der Waals surface area (Å²) < 4.78 is 7.33. The highest BCUT2D eigenvalue weighted by Crippen LogP contribution is 2.36. The number of carboxylic acid groups (broad SMARTS) is 1. The van der Waals surface area contributed by atoms with E-state index in [4.69, 9.17) is 4.74 Å². The van der Waals surface area contributed by atoms with Gasteiger partial charge in [0.15, 0.2) is 5.69 Å². The Bertz CT molecular complexity index is 674. The van der Waals surface area contributed by atoms with Crippen LogP contribution in [0.4, 0.5) is 0 Å². The van der Waals surface area contributed by atoms with Crippen molar-refractivity contribution in [1.29, 1.82) is 0 Å². The number of hydrogen-bond donors (Lipinski definition) is 1. The van der Waals surface area contributed by atoms with Gasteiger partial charge in [-0.1, -0.05) is 11.6 Å². The van der Waals surface area contributed by atoms with E-state index in [0.717, 1.165) is 28.1 Å². The Kier molecular flexibility index (Phi) is 2.55. The average Bonchev–Trinajstić information content (AvgIpc) is 2.57. The van der Waals surface area contributed by atoms with Crippen molar-refractivity contribution in [2.75, 3.05) is 6.61 Å². The normalized spacial score (nSPS) is 13.2. The SMILES string of the molecule is Cc1ccc2c(c1)-c1c(c(C(=O)O)nn1C)CCO2. The summed E-state index contributed by atoms with van der Waals surface area (Å²) in [6.45, 7) is 2.47. The molecule has 0 saturated heterocycles. The highest BCUT2D eigenvalue weighted by Gasteiger charge is 2.26. The van der Waals surface area contributed by atoms with Crippen molar-refractivity contribution in [1.82, 2.24) is 9.78 Å². The van der Waals surface area contributed by atoms with Crippen molar-refractivity contribution < 1.29 is 14.6 Å². The first-order valence-electron chi connectivity index (χ1n) is 6.11. The maximum absolute atomic E-state index is 11.3. The van der Waals surface area contributed by atoms with Gasteiger partial charge in [-0.15, -0.1) is 0 Å². The maximum atomic E-state index is 11.3. The van der Waals surface area contributed by atoms with Gasteiger partial charge in [-0.2, -0.15) is 5.10 Å². The van der Waals surface area contributed by atoms with Gasteiger partial charge in [-0.3, -0.25) is 4.68 Å². The largest absolute Gasteiger partial charge is 0.493 e. The van der Waals surface area contributed by atoms with Crippen LogP contribution in [0.3, 0.4) is 0 Å². The molecule has 1 aromatic heterocycles. The Hall–Kier alpha value is -2.30. The number of fused-ring (bicyclic) bond motifs is 3. The van der Waals surface area contributed by atoms with Crippen molar-refractivity contribution in [3.05, 3.63) is 35.0 Å². The zero-order valence-electron chi connectivity index (χ0n) is 10.8. The van der Waals surface area contributed by atoms with Crippen LogP contribution in [0.2, 0.25) is 0 Å². The van der Waals surface area contributed by atoms with Crippen LogP contribution in [0.1, 0.15) is 21.6 Å². The Morgan fingerprint density at radius 1 is 1.47 bits per heavy atom. The van der Waals surface area contributed by atoms with Crippen molar-refractivity contribution in [2.45, 2.75) is 13.3 Å². The zero-order valence-corrected chi connectivity index (χ0v) is 10.8. The van der Waals surface area contributed by atoms with Crippen molar-refractivity contribution >= 4 is 5.97 Å². The van der Waals surface area contributed by atoms with Crippen molar-refractivity contribution in [3.63, 3.8) is 0 Å². The molecule has 2 heterocycles. The molecule has 0 bridgehead atoms. The van der Waals surface area contributed by atoms with Gasteiger partial charge in [0.25, 0.3) is 0 Å². The topological polar surface area (TPSA) is 64.3 Å². The molecule has 1 aliphatic heterocycles. The molecular formula is C14H14N2O3. The molecule has 0 saturated carbocycles. The zero-order chi connectivity index (χ0) is 13.6. The van der Waals surface area contributed by atoms with Crippen molar-refractivity contribution in [2.24, 2.45) is 7.05 Å². The van der Waals surface area contributed by atoms with Crippen LogP contribution < -0.4 is 4.74 Å². The van der Waals surface area contributed by atoms with Gasteiger partial charge < -0.3 is 9.84 Å². The number of hydrogen-bond acceptors (Lipinski definition) is 3. The van der Waals surface area contributed by atoms with E-state index in [1.165, 1.54) is 0 Å². The van der Waals surface area contributed by atoms with E-state index < -0.39 is 5.97 Å². The third-order valence-electron chi connectivity index (χ3n) is 3.35. The minimum Gasteiger partial charge on any atom is -0.493 e. The second kappa shape index (κ2) is 4.12. The van der Waals surface area contributed by atoms with Crippen LogP contribution in [0.15, 0.2) is 18.2 Å². The molecule has 1 aliphatic rings. The number of ether oxygens (including phenoxy) is 1. The first-order chi connectivity index (χ1) is 9.08. The van der Waals surface area contributed by atoms with E-state index in [0.29, 0.717) is 13.0 Å². The molecule has 0 aliphatic carbocycles. The summed E-state index contributed by atoms with van der Waals surface area (Å²) >= 11 is 0. The first-order valence-corrected chi connectivity index (χ1v) is 6.11. The number of aryl methyl sites for hydroxylation is 2. The highest BCUT2D eigenvalue weighted by atomic mass is 16.5. The number of carboxylic acids is 1. The fourth-order valence-electron chi connectivity index (χ4n) is 2.53. The van der Waals surface area contributed by atoms with Crippen LogP contribution in [-0.2, 0) is 13.5 Å². The van der Waals surface area contributed by atoms with E-state index in [-0.39, 0.29) is 5.69 Å². The van der Waals surface area contributed by atoms with Crippen LogP contribution in [0.25, 0.3) is 11.3 Å². The van der Waals surface area contributed by atoms with Gasteiger partial charge in [0.1, 0.15) is 5.75 Å². The van der Waals surface area contributed by atoms with Gasteiger partial charge in [-0.05, 0) is 19.1 Å². The third kappa shape index (κ3) is 1.78. The first kappa shape index (κ1) is 11.8. The summed E-state index contributed by atoms with van der Waals surface area (Å²) in [6, 6.07) is 5.91. The number of aromatic carboxylic acids is 1. The molecule has 3 rings (SSSR count). The number of nitrogens with zero attached hydrogens (tertiary/aromatic N) is 2. The molecule has 1 N–H and O–H groups in total. The molecule has 0 spiro atoms. The van der Waals surface area contributed by atoms with Crippen LogP contribution >= 0.6 is 0 Å². The summed E-state index contributed by atoms with van der Waals surface area (Å²) in [5.74, 6) is -0.211. The second-order valence-electron chi connectivity index (χ2n) is 4.70. The Labute approximate surface area is 110 Å². The van der Waals surface area contributed by atoms with E-state index in [1.54, 1.807) is 11.7 Å². The predicted molar refractivity (Wildman–Crippen MR) is 69.5 cm³/mol. The number of aromatic nitrogens is 2. The smallest absolute Gasteiger partial charge is 0.356 e. The van der Waals surface area contributed by atoms with Crippen molar-refractivity contribution in [3.8, 4) is 17.0 Å². The molecule has 5 nitrogen and oxygen atoms in total. The summed E-state index contributed by atoms with van der Waals surface area (Å²) in [5, 5.41) is 13.4. The van der Waals surface area contributed by atoms with Crippen LogP contribution in [0.5, 0.6) is 5.75 Å². The quantitative estimate of drug-likeness (QED) is 0.850. The van der Waals surface area contributed by atoms with E-state index in [9.17, 15) is 9.90 Å². The molecular weight excluding hydrogens is 244 g/mol. The fraction of sp³-hybridized carbons (Fsp3) is 0.286. The van der Waals surface area contributed by atoms with Gasteiger partial charge >= 0.3 is 5.97 Å². The number of benzene rings is 1. The Morgan fingerprint density at radius 2 is 2.26 bits per heavy atom. The lowest BCUT2D eigenvalue weighted by Crippen LogP contribution is -2.05. The number of rotatable bonds is 1. The minimum atomic E-state index is -0.993. The molecule has 0 atom stereocenters. The average molecular weight is 258 g/mol. The molecule has 1 aromatic carbocycles. The molecule has 0 fully saturated rings. The van der Waals surface area contributed by atoms with E-state index in [1.807, 2.05) is 25.1 Å². The maximum Gasteiger partial charge on any atom is 0.356 e. The monoisotopic (exact) mass is 258 g/mol. The lowest BCUT2D eigenvalue weighted by molar-refractivity contribution is 0.0688. The Balaban J connectivity index is 2.31.